The molecule has 0 aromatic heterocycles. The summed E-state index contributed by atoms with van der Waals surface area (Å²) in [6, 6.07) is 8.38. The van der Waals surface area contributed by atoms with E-state index in [9.17, 15) is 4.79 Å². The molecule has 20 heavy (non-hydrogen) atoms. The number of carbonyl (C=O) groups is 1. The average molecular weight is 274 g/mol. The number of carbonyl (C=O) groups excluding carboxylic acids is 1. The van der Waals surface area contributed by atoms with Gasteiger partial charge in [-0.25, -0.2) is 0 Å². The third-order valence-electron chi connectivity index (χ3n) is 4.15. The molecule has 1 aliphatic carbocycles. The van der Waals surface area contributed by atoms with Crippen LogP contribution in [0.2, 0.25) is 0 Å². The maximum absolute atomic E-state index is 12.3. The van der Waals surface area contributed by atoms with Gasteiger partial charge in [0.05, 0.1) is 5.41 Å². The van der Waals surface area contributed by atoms with Crippen LogP contribution in [0, 0.1) is 10.8 Å². The smallest absolute Gasteiger partial charge is 0.311 e. The lowest BCUT2D eigenvalue weighted by molar-refractivity contribution is -0.166. The summed E-state index contributed by atoms with van der Waals surface area (Å²) >= 11 is 0. The summed E-state index contributed by atoms with van der Waals surface area (Å²) in [4.78, 5) is 12.3. The van der Waals surface area contributed by atoms with E-state index in [0.717, 1.165) is 19.3 Å². The van der Waals surface area contributed by atoms with E-state index in [1.807, 2.05) is 26.8 Å². The van der Waals surface area contributed by atoms with E-state index < -0.39 is 5.41 Å². The second-order valence-corrected chi connectivity index (χ2v) is 7.58. The predicted molar refractivity (Wildman–Crippen MR) is 81.4 cm³/mol. The summed E-state index contributed by atoms with van der Waals surface area (Å²) in [5.74, 6) is -0.118. The zero-order valence-electron chi connectivity index (χ0n) is 13.3. The molecule has 0 bridgehead atoms. The van der Waals surface area contributed by atoms with Crippen LogP contribution in [0.25, 0.3) is 0 Å². The van der Waals surface area contributed by atoms with Gasteiger partial charge in [0.2, 0.25) is 0 Å². The molecular formula is C18H26O2. The molecule has 0 spiro atoms. The van der Waals surface area contributed by atoms with E-state index in [1.54, 1.807) is 0 Å². The van der Waals surface area contributed by atoms with Crippen molar-refractivity contribution < 1.29 is 9.53 Å². The first-order chi connectivity index (χ1) is 9.22. The number of ether oxygens (including phenoxy) is 1. The van der Waals surface area contributed by atoms with Crippen LogP contribution in [0.5, 0.6) is 0 Å². The first-order valence-electron chi connectivity index (χ1n) is 7.51. The third kappa shape index (κ3) is 3.05. The lowest BCUT2D eigenvalue weighted by Crippen LogP contribution is -2.31. The van der Waals surface area contributed by atoms with Crippen molar-refractivity contribution in [2.45, 2.75) is 60.0 Å². The van der Waals surface area contributed by atoms with Gasteiger partial charge in [-0.05, 0) is 51.2 Å². The Morgan fingerprint density at radius 3 is 2.55 bits per heavy atom. The standard InChI is InChI=1S/C18H26O2/c1-17(2,3)16(19)20-15-14-11-7-6-9-13(14)10-8-12-18(15,4)5/h6-7,9,11,15H,8,10,12H2,1-5H3. The van der Waals surface area contributed by atoms with E-state index in [4.69, 9.17) is 4.74 Å². The van der Waals surface area contributed by atoms with Crippen LogP contribution < -0.4 is 0 Å². The Bertz CT molecular complexity index is 494. The van der Waals surface area contributed by atoms with E-state index in [-0.39, 0.29) is 17.5 Å². The highest BCUT2D eigenvalue weighted by Crippen LogP contribution is 2.45. The second-order valence-electron chi connectivity index (χ2n) is 7.58. The highest BCUT2D eigenvalue weighted by molar-refractivity contribution is 5.75. The average Bonchev–Trinajstić information content (AvgIpc) is 2.46. The molecule has 1 aliphatic rings. The fourth-order valence-electron chi connectivity index (χ4n) is 2.81. The molecule has 2 nitrogen and oxygen atoms in total. The van der Waals surface area contributed by atoms with E-state index in [0.29, 0.717) is 0 Å². The van der Waals surface area contributed by atoms with Crippen molar-refractivity contribution >= 4 is 5.97 Å². The number of rotatable bonds is 1. The molecule has 0 saturated carbocycles. The number of benzene rings is 1. The quantitative estimate of drug-likeness (QED) is 0.549. The van der Waals surface area contributed by atoms with Gasteiger partial charge in [-0.15, -0.1) is 0 Å². The number of hydrogen-bond donors (Lipinski definition) is 0. The summed E-state index contributed by atoms with van der Waals surface area (Å²) in [7, 11) is 0. The summed E-state index contributed by atoms with van der Waals surface area (Å²) in [5.41, 5.74) is 2.03. The fourth-order valence-corrected chi connectivity index (χ4v) is 2.81. The molecule has 0 radical (unpaired) electrons. The molecule has 1 aromatic rings. The summed E-state index contributed by atoms with van der Waals surface area (Å²) < 4.78 is 5.94. The highest BCUT2D eigenvalue weighted by atomic mass is 16.5. The Hall–Kier alpha value is -1.31. The van der Waals surface area contributed by atoms with Gasteiger partial charge in [-0.3, -0.25) is 4.79 Å². The Kier molecular flexibility index (Phi) is 3.95. The second kappa shape index (κ2) is 5.23. The molecule has 110 valence electrons. The molecule has 0 amide bonds. The minimum Gasteiger partial charge on any atom is -0.457 e. The maximum atomic E-state index is 12.3. The summed E-state index contributed by atoms with van der Waals surface area (Å²) in [6.07, 6.45) is 3.15. The lowest BCUT2D eigenvalue weighted by atomic mass is 9.80. The van der Waals surface area contributed by atoms with Gasteiger partial charge in [0, 0.05) is 5.41 Å². The molecule has 0 aliphatic heterocycles. The molecule has 0 fully saturated rings. The van der Waals surface area contributed by atoms with Crippen molar-refractivity contribution in [1.29, 1.82) is 0 Å². The number of aryl methyl sites for hydroxylation is 1. The van der Waals surface area contributed by atoms with Gasteiger partial charge in [0.15, 0.2) is 0 Å². The molecule has 1 atom stereocenters. The topological polar surface area (TPSA) is 26.3 Å². The zero-order valence-corrected chi connectivity index (χ0v) is 13.3. The zero-order chi connectivity index (χ0) is 15.0. The molecule has 2 heteroatoms. The van der Waals surface area contributed by atoms with Gasteiger partial charge in [-0.1, -0.05) is 38.1 Å². The van der Waals surface area contributed by atoms with Gasteiger partial charge < -0.3 is 4.74 Å². The van der Waals surface area contributed by atoms with Crippen LogP contribution in [-0.4, -0.2) is 5.97 Å². The third-order valence-corrected chi connectivity index (χ3v) is 4.15. The molecule has 1 aromatic carbocycles. The van der Waals surface area contributed by atoms with E-state index in [1.165, 1.54) is 11.1 Å². The van der Waals surface area contributed by atoms with Crippen LogP contribution in [0.4, 0.5) is 0 Å². The molecule has 1 unspecified atom stereocenters. The molecule has 2 rings (SSSR count). The fraction of sp³-hybridized carbons (Fsp3) is 0.611. The predicted octanol–water partition coefficient (Wildman–Crippen LogP) is 4.68. The number of esters is 1. The van der Waals surface area contributed by atoms with Crippen molar-refractivity contribution in [2.24, 2.45) is 10.8 Å². The first kappa shape index (κ1) is 15.1. The molecule has 0 heterocycles. The largest absolute Gasteiger partial charge is 0.457 e. The van der Waals surface area contributed by atoms with Crippen LogP contribution in [0.3, 0.4) is 0 Å². The number of hydrogen-bond acceptors (Lipinski definition) is 2. The Labute approximate surface area is 122 Å². The van der Waals surface area contributed by atoms with Crippen LogP contribution in [-0.2, 0) is 16.0 Å². The highest BCUT2D eigenvalue weighted by Gasteiger charge is 2.38. The Balaban J connectivity index is 2.38. The molecular weight excluding hydrogens is 248 g/mol. The number of fused-ring (bicyclic) bond motifs is 1. The van der Waals surface area contributed by atoms with Crippen molar-refractivity contribution in [3.05, 3.63) is 35.4 Å². The monoisotopic (exact) mass is 274 g/mol. The minimum absolute atomic E-state index is 0.0203. The van der Waals surface area contributed by atoms with Gasteiger partial charge in [0.25, 0.3) is 0 Å². The molecule has 0 saturated heterocycles. The Morgan fingerprint density at radius 2 is 1.90 bits per heavy atom. The molecule has 0 N–H and O–H groups in total. The van der Waals surface area contributed by atoms with E-state index in [2.05, 4.69) is 32.0 Å². The summed E-state index contributed by atoms with van der Waals surface area (Å²) in [6.45, 7) is 10.1. The van der Waals surface area contributed by atoms with E-state index >= 15 is 0 Å². The van der Waals surface area contributed by atoms with Crippen molar-refractivity contribution in [3.63, 3.8) is 0 Å². The van der Waals surface area contributed by atoms with Crippen LogP contribution in [0.15, 0.2) is 24.3 Å². The van der Waals surface area contributed by atoms with Crippen LogP contribution >= 0.6 is 0 Å². The van der Waals surface area contributed by atoms with Gasteiger partial charge in [0.1, 0.15) is 6.10 Å². The Morgan fingerprint density at radius 1 is 1.25 bits per heavy atom. The normalized spacial score (nSPS) is 21.8. The van der Waals surface area contributed by atoms with Gasteiger partial charge in [-0.2, -0.15) is 0 Å². The summed E-state index contributed by atoms with van der Waals surface area (Å²) in [5, 5.41) is 0. The van der Waals surface area contributed by atoms with Crippen LogP contribution in [0.1, 0.15) is 64.7 Å². The lowest BCUT2D eigenvalue weighted by Gasteiger charge is -2.35. The maximum Gasteiger partial charge on any atom is 0.311 e. The minimum atomic E-state index is -0.461. The SMILES string of the molecule is CC(C)(C)C(=O)OC1c2ccccc2CCCC1(C)C. The van der Waals surface area contributed by atoms with Crippen molar-refractivity contribution in [1.82, 2.24) is 0 Å². The van der Waals surface area contributed by atoms with Gasteiger partial charge >= 0.3 is 5.97 Å². The van der Waals surface area contributed by atoms with Crippen molar-refractivity contribution in [3.8, 4) is 0 Å². The first-order valence-corrected chi connectivity index (χ1v) is 7.51. The van der Waals surface area contributed by atoms with Crippen molar-refractivity contribution in [2.75, 3.05) is 0 Å².